The van der Waals surface area contributed by atoms with E-state index in [1.54, 1.807) is 11.0 Å². The predicted molar refractivity (Wildman–Crippen MR) is 140 cm³/mol. The summed E-state index contributed by atoms with van der Waals surface area (Å²) in [5.41, 5.74) is 3.10. The lowest BCUT2D eigenvalue weighted by Gasteiger charge is -2.34. The summed E-state index contributed by atoms with van der Waals surface area (Å²) < 4.78 is 0. The Morgan fingerprint density at radius 1 is 1.17 bits per heavy atom. The molecule has 1 aromatic carbocycles. The number of hydroxylamine groups is 2. The van der Waals surface area contributed by atoms with Crippen molar-refractivity contribution in [2.75, 3.05) is 19.6 Å². The second-order valence-corrected chi connectivity index (χ2v) is 8.96. The van der Waals surface area contributed by atoms with E-state index in [2.05, 4.69) is 6.58 Å². The molecule has 6 heteroatoms. The van der Waals surface area contributed by atoms with Crippen molar-refractivity contribution in [3.05, 3.63) is 96.2 Å². The monoisotopic (exact) mass is 475 g/mol. The number of amides is 3. The molecule has 0 saturated carbocycles. The van der Waals surface area contributed by atoms with Gasteiger partial charge in [0.25, 0.3) is 0 Å². The first-order valence-electron chi connectivity index (χ1n) is 12.3. The molecule has 2 aliphatic rings. The summed E-state index contributed by atoms with van der Waals surface area (Å²) in [6.07, 6.45) is 14.9. The number of hydrogen-bond donors (Lipinski definition) is 0. The lowest BCUT2D eigenvalue weighted by atomic mass is 9.99. The number of rotatable bonds is 11. The smallest absolute Gasteiger partial charge is 0.333 e. The maximum absolute atomic E-state index is 13.8. The molecule has 0 unspecified atom stereocenters. The highest BCUT2D eigenvalue weighted by Gasteiger charge is 2.48. The summed E-state index contributed by atoms with van der Waals surface area (Å²) in [4.78, 5) is 36.5. The van der Waals surface area contributed by atoms with Crippen LogP contribution in [0.25, 0.3) is 0 Å². The number of piperidine rings is 1. The SMILES string of the molecule is C=C/C=C\C(=C/C)CN(C/C(C)=C/C=C\C)C(=O)[C@@H]1CC[C@@H]2CN1C(=O)N2OCc1ccccc1. The molecule has 2 saturated heterocycles. The lowest BCUT2D eigenvalue weighted by molar-refractivity contribution is -0.140. The molecule has 1 aromatic rings. The van der Waals surface area contributed by atoms with Crippen molar-refractivity contribution in [2.45, 2.75) is 52.3 Å². The van der Waals surface area contributed by atoms with E-state index in [4.69, 9.17) is 4.84 Å². The zero-order valence-electron chi connectivity index (χ0n) is 21.1. The topological polar surface area (TPSA) is 53.1 Å². The second-order valence-electron chi connectivity index (χ2n) is 8.96. The van der Waals surface area contributed by atoms with Gasteiger partial charge in [-0.05, 0) is 44.7 Å². The zero-order chi connectivity index (χ0) is 25.2. The molecule has 2 atom stereocenters. The highest BCUT2D eigenvalue weighted by atomic mass is 16.7. The molecule has 35 heavy (non-hydrogen) atoms. The molecular formula is C29H37N3O3. The number of urea groups is 1. The van der Waals surface area contributed by atoms with E-state index in [0.29, 0.717) is 32.7 Å². The van der Waals surface area contributed by atoms with E-state index in [1.807, 2.05) is 92.5 Å². The average Bonchev–Trinajstić information content (AvgIpc) is 3.12. The van der Waals surface area contributed by atoms with Crippen LogP contribution >= 0.6 is 0 Å². The van der Waals surface area contributed by atoms with Gasteiger partial charge < -0.3 is 9.80 Å². The molecule has 2 bridgehead atoms. The third-order valence-corrected chi connectivity index (χ3v) is 6.34. The van der Waals surface area contributed by atoms with Gasteiger partial charge in [0, 0.05) is 19.6 Å². The summed E-state index contributed by atoms with van der Waals surface area (Å²) in [6.45, 7) is 11.5. The minimum Gasteiger partial charge on any atom is -0.333 e. The van der Waals surface area contributed by atoms with Crippen LogP contribution in [-0.2, 0) is 16.2 Å². The maximum Gasteiger partial charge on any atom is 0.345 e. The van der Waals surface area contributed by atoms with E-state index in [-0.39, 0.29) is 18.0 Å². The van der Waals surface area contributed by atoms with Gasteiger partial charge in [-0.1, -0.05) is 85.0 Å². The van der Waals surface area contributed by atoms with Gasteiger partial charge >= 0.3 is 6.03 Å². The highest BCUT2D eigenvalue weighted by molar-refractivity contribution is 5.89. The van der Waals surface area contributed by atoms with E-state index in [0.717, 1.165) is 23.1 Å². The van der Waals surface area contributed by atoms with Crippen LogP contribution in [-0.4, -0.2) is 58.5 Å². The Bertz CT molecular complexity index is 1010. The van der Waals surface area contributed by atoms with Gasteiger partial charge in [0.2, 0.25) is 5.91 Å². The number of allylic oxidation sites excluding steroid dienone is 6. The molecule has 186 valence electrons. The molecule has 0 radical (unpaired) electrons. The van der Waals surface area contributed by atoms with Crippen molar-refractivity contribution in [3.63, 3.8) is 0 Å². The first-order chi connectivity index (χ1) is 17.0. The van der Waals surface area contributed by atoms with Crippen molar-refractivity contribution in [1.29, 1.82) is 0 Å². The molecule has 2 aliphatic heterocycles. The molecule has 2 heterocycles. The molecule has 0 N–H and O–H groups in total. The van der Waals surface area contributed by atoms with E-state index in [1.165, 1.54) is 5.06 Å². The van der Waals surface area contributed by atoms with Crippen LogP contribution in [0.1, 0.15) is 39.2 Å². The first kappa shape index (κ1) is 26.2. The second kappa shape index (κ2) is 12.9. The third kappa shape index (κ3) is 6.83. The number of carbonyl (C=O) groups excluding carboxylic acids is 2. The predicted octanol–water partition coefficient (Wildman–Crippen LogP) is 5.43. The molecule has 3 rings (SSSR count). The fourth-order valence-corrected chi connectivity index (χ4v) is 4.46. The van der Waals surface area contributed by atoms with E-state index >= 15 is 0 Å². The highest BCUT2D eigenvalue weighted by Crippen LogP contribution is 2.31. The van der Waals surface area contributed by atoms with Crippen molar-refractivity contribution < 1.29 is 14.4 Å². The fourth-order valence-electron chi connectivity index (χ4n) is 4.46. The van der Waals surface area contributed by atoms with Crippen LogP contribution in [0.15, 0.2) is 90.6 Å². The Balaban J connectivity index is 1.74. The average molecular weight is 476 g/mol. The van der Waals surface area contributed by atoms with Gasteiger partial charge in [-0.3, -0.25) is 9.63 Å². The maximum atomic E-state index is 13.8. The molecular weight excluding hydrogens is 438 g/mol. The number of carbonyl (C=O) groups is 2. The van der Waals surface area contributed by atoms with Gasteiger partial charge in [-0.15, -0.1) is 0 Å². The number of fused-ring (bicyclic) bond motifs is 2. The number of hydrogen-bond acceptors (Lipinski definition) is 3. The minimum absolute atomic E-state index is 0.0262. The standard InChI is InChI=1S/C29H37N3O3/c1-5-8-13-23(4)19-30(20-24(7-3)14-9-6-2)28(33)27-18-17-26-21-31(27)29(34)32(26)35-22-25-15-11-10-12-16-25/h5-16,26-27H,2,17-22H2,1,3-4H3/b8-5-,14-9-,23-13+,24-7+/t26-,27+/m1/s1. The lowest BCUT2D eigenvalue weighted by Crippen LogP contribution is -2.51. The van der Waals surface area contributed by atoms with E-state index in [9.17, 15) is 9.59 Å². The third-order valence-electron chi connectivity index (χ3n) is 6.34. The van der Waals surface area contributed by atoms with Gasteiger partial charge in [0.1, 0.15) is 12.6 Å². The molecule has 3 amide bonds. The summed E-state index contributed by atoms with van der Waals surface area (Å²) in [6, 6.07) is 9.06. The number of benzene rings is 1. The Morgan fingerprint density at radius 3 is 2.63 bits per heavy atom. The minimum atomic E-state index is -0.486. The van der Waals surface area contributed by atoms with Gasteiger partial charge in [0.15, 0.2) is 0 Å². The van der Waals surface area contributed by atoms with Gasteiger partial charge in [-0.2, -0.15) is 5.06 Å². The van der Waals surface area contributed by atoms with Gasteiger partial charge in [-0.25, -0.2) is 4.79 Å². The van der Waals surface area contributed by atoms with Crippen molar-refractivity contribution in [1.82, 2.24) is 14.9 Å². The van der Waals surface area contributed by atoms with Crippen molar-refractivity contribution in [2.24, 2.45) is 0 Å². The first-order valence-corrected chi connectivity index (χ1v) is 12.3. The summed E-state index contributed by atoms with van der Waals surface area (Å²) in [5.74, 6) is -0.0266. The Hall–Kier alpha value is -3.38. The molecule has 0 aromatic heterocycles. The molecule has 0 spiro atoms. The quantitative estimate of drug-likeness (QED) is 0.401. The van der Waals surface area contributed by atoms with Crippen LogP contribution < -0.4 is 0 Å². The van der Waals surface area contributed by atoms with Crippen LogP contribution in [0.3, 0.4) is 0 Å². The summed E-state index contributed by atoms with van der Waals surface area (Å²) in [5, 5.41) is 1.48. The fraction of sp³-hybridized carbons (Fsp3) is 0.379. The molecule has 2 fully saturated rings. The molecule has 6 nitrogen and oxygen atoms in total. The molecule has 0 aliphatic carbocycles. The van der Waals surface area contributed by atoms with Gasteiger partial charge in [0.05, 0.1) is 6.04 Å². The zero-order valence-corrected chi connectivity index (χ0v) is 21.1. The van der Waals surface area contributed by atoms with Crippen LogP contribution in [0.4, 0.5) is 4.79 Å². The Morgan fingerprint density at radius 2 is 1.94 bits per heavy atom. The van der Waals surface area contributed by atoms with Crippen molar-refractivity contribution in [3.8, 4) is 0 Å². The van der Waals surface area contributed by atoms with Crippen LogP contribution in [0, 0.1) is 0 Å². The Kier molecular flexibility index (Phi) is 9.67. The van der Waals surface area contributed by atoms with Crippen molar-refractivity contribution >= 4 is 11.9 Å². The Labute approximate surface area is 209 Å². The normalized spacial score (nSPS) is 20.8. The van der Waals surface area contributed by atoms with E-state index < -0.39 is 6.04 Å². The van der Waals surface area contributed by atoms with Crippen LogP contribution in [0.2, 0.25) is 0 Å². The number of nitrogens with zero attached hydrogens (tertiary/aromatic N) is 3. The summed E-state index contributed by atoms with van der Waals surface area (Å²) in [7, 11) is 0. The largest absolute Gasteiger partial charge is 0.345 e. The van der Waals surface area contributed by atoms with Crippen LogP contribution in [0.5, 0.6) is 0 Å². The summed E-state index contributed by atoms with van der Waals surface area (Å²) >= 11 is 0.